The molecule has 25 heavy (non-hydrogen) atoms. The quantitative estimate of drug-likeness (QED) is 0.738. The summed E-state index contributed by atoms with van der Waals surface area (Å²) in [7, 11) is 0. The van der Waals surface area contributed by atoms with Crippen LogP contribution in [-0.4, -0.2) is 35.0 Å². The fraction of sp³-hybridized carbons (Fsp3) is 0.450. The van der Waals surface area contributed by atoms with Gasteiger partial charge in [-0.25, -0.2) is 0 Å². The summed E-state index contributed by atoms with van der Waals surface area (Å²) in [5.74, 6) is 0.568. The maximum atomic E-state index is 12.5. The van der Waals surface area contributed by atoms with Crippen LogP contribution in [0.4, 0.5) is 0 Å². The average molecular weight is 362 g/mol. The largest absolute Gasteiger partial charge is 0.345 e. The van der Waals surface area contributed by atoms with Gasteiger partial charge in [-0.1, -0.05) is 50.6 Å². The summed E-state index contributed by atoms with van der Waals surface area (Å²) in [4.78, 5) is 14.5. The molecule has 0 aliphatic carbocycles. The van der Waals surface area contributed by atoms with E-state index in [1.165, 1.54) is 0 Å². The summed E-state index contributed by atoms with van der Waals surface area (Å²) in [5, 5.41) is 3.90. The second-order valence-corrected chi connectivity index (χ2v) is 7.07. The summed E-state index contributed by atoms with van der Waals surface area (Å²) in [6, 6.07) is 12.0. The van der Waals surface area contributed by atoms with Crippen LogP contribution in [0.15, 0.2) is 42.6 Å². The van der Waals surface area contributed by atoms with E-state index >= 15 is 0 Å². The summed E-state index contributed by atoms with van der Waals surface area (Å²) in [6.45, 7) is 9.53. The normalized spacial score (nSPS) is 11.1. The molecule has 2 aromatic rings. The number of halogens is 1. The number of amides is 1. The molecule has 1 N–H and O–H groups in total. The van der Waals surface area contributed by atoms with Crippen molar-refractivity contribution < 1.29 is 4.79 Å². The van der Waals surface area contributed by atoms with E-state index in [1.54, 1.807) is 0 Å². The van der Waals surface area contributed by atoms with Crippen molar-refractivity contribution in [2.75, 3.05) is 19.6 Å². The molecule has 0 bridgehead atoms. The molecule has 0 unspecified atom stereocenters. The van der Waals surface area contributed by atoms with Crippen LogP contribution in [-0.2, 0) is 17.9 Å². The Morgan fingerprint density at radius 1 is 1.24 bits per heavy atom. The van der Waals surface area contributed by atoms with Gasteiger partial charge in [0.1, 0.15) is 0 Å². The molecule has 0 radical (unpaired) electrons. The monoisotopic (exact) mass is 361 g/mol. The maximum absolute atomic E-state index is 12.5. The van der Waals surface area contributed by atoms with Gasteiger partial charge in [0.05, 0.1) is 13.1 Å². The van der Waals surface area contributed by atoms with Crippen LogP contribution in [0.5, 0.6) is 0 Å². The number of hydrogen-bond acceptors (Lipinski definition) is 2. The molecule has 136 valence electrons. The Morgan fingerprint density at radius 2 is 2.00 bits per heavy atom. The molecule has 0 spiro atoms. The number of nitrogens with zero attached hydrogens (tertiary/aromatic N) is 2. The molecule has 0 aliphatic heterocycles. The number of carbonyl (C=O) groups is 1. The predicted octanol–water partition coefficient (Wildman–Crippen LogP) is 3.78. The highest BCUT2D eigenvalue weighted by Gasteiger charge is 2.16. The number of benzene rings is 1. The molecule has 0 fully saturated rings. The number of carbonyl (C=O) groups excluding carboxylic acids is 1. The highest BCUT2D eigenvalue weighted by atomic mass is 35.5. The Bertz CT molecular complexity index is 681. The first-order valence-electron chi connectivity index (χ1n) is 8.87. The molecule has 1 amide bonds. The second kappa shape index (κ2) is 9.64. The molecule has 0 atom stereocenters. The zero-order valence-corrected chi connectivity index (χ0v) is 16.1. The first-order valence-corrected chi connectivity index (χ1v) is 9.25. The van der Waals surface area contributed by atoms with Gasteiger partial charge in [-0.3, -0.25) is 4.79 Å². The lowest BCUT2D eigenvalue weighted by molar-refractivity contribution is -0.131. The van der Waals surface area contributed by atoms with Crippen molar-refractivity contribution in [3.05, 3.63) is 58.9 Å². The van der Waals surface area contributed by atoms with Gasteiger partial charge < -0.3 is 14.8 Å². The molecule has 1 aromatic carbocycles. The van der Waals surface area contributed by atoms with Gasteiger partial charge in [0.2, 0.25) is 5.91 Å². The molecule has 4 nitrogen and oxygen atoms in total. The van der Waals surface area contributed by atoms with Gasteiger partial charge in [-0.2, -0.15) is 0 Å². The average Bonchev–Trinajstić information content (AvgIpc) is 3.00. The zero-order chi connectivity index (χ0) is 18.2. The topological polar surface area (TPSA) is 37.3 Å². The zero-order valence-electron chi connectivity index (χ0n) is 15.3. The van der Waals surface area contributed by atoms with Crippen LogP contribution < -0.4 is 5.32 Å². The first kappa shape index (κ1) is 19.5. The Labute approximate surface area is 155 Å². The van der Waals surface area contributed by atoms with Gasteiger partial charge in [-0.15, -0.1) is 0 Å². The Morgan fingerprint density at radius 3 is 2.68 bits per heavy atom. The first-order chi connectivity index (χ1) is 12.0. The van der Waals surface area contributed by atoms with E-state index in [0.29, 0.717) is 25.6 Å². The fourth-order valence-corrected chi connectivity index (χ4v) is 2.99. The van der Waals surface area contributed by atoms with Crippen LogP contribution in [0, 0.1) is 5.92 Å². The molecule has 0 saturated heterocycles. The van der Waals surface area contributed by atoms with Crippen LogP contribution in [0.1, 0.15) is 32.0 Å². The lowest BCUT2D eigenvalue weighted by Gasteiger charge is -2.25. The van der Waals surface area contributed by atoms with E-state index < -0.39 is 0 Å². The minimum atomic E-state index is 0.140. The van der Waals surface area contributed by atoms with Crippen molar-refractivity contribution in [3.63, 3.8) is 0 Å². The SMILES string of the molecule is CCNCC(=O)N(Cc1cccn1Cc1ccccc1Cl)CC(C)C. The third kappa shape index (κ3) is 5.91. The van der Waals surface area contributed by atoms with E-state index in [2.05, 4.69) is 29.8 Å². The molecule has 1 heterocycles. The van der Waals surface area contributed by atoms with E-state index in [1.807, 2.05) is 48.4 Å². The third-order valence-electron chi connectivity index (χ3n) is 4.04. The molecule has 2 rings (SSSR count). The van der Waals surface area contributed by atoms with Gasteiger partial charge in [0, 0.05) is 30.0 Å². The molecule has 0 aliphatic rings. The van der Waals surface area contributed by atoms with Crippen molar-refractivity contribution in [3.8, 4) is 0 Å². The van der Waals surface area contributed by atoms with Crippen molar-refractivity contribution in [2.45, 2.75) is 33.9 Å². The minimum absolute atomic E-state index is 0.140. The Hall–Kier alpha value is -1.78. The number of nitrogens with one attached hydrogen (secondary N) is 1. The van der Waals surface area contributed by atoms with E-state index in [-0.39, 0.29) is 5.91 Å². The summed E-state index contributed by atoms with van der Waals surface area (Å²) in [6.07, 6.45) is 2.04. The number of aromatic nitrogens is 1. The Kier molecular flexibility index (Phi) is 7.53. The van der Waals surface area contributed by atoms with Gasteiger partial charge in [0.15, 0.2) is 0 Å². The van der Waals surface area contributed by atoms with Crippen LogP contribution in [0.2, 0.25) is 5.02 Å². The van der Waals surface area contributed by atoms with E-state index in [4.69, 9.17) is 11.6 Å². The Balaban J connectivity index is 2.13. The van der Waals surface area contributed by atoms with Gasteiger partial charge >= 0.3 is 0 Å². The smallest absolute Gasteiger partial charge is 0.236 e. The number of rotatable bonds is 9. The summed E-state index contributed by atoms with van der Waals surface area (Å²) >= 11 is 6.29. The molecule has 0 saturated carbocycles. The third-order valence-corrected chi connectivity index (χ3v) is 4.41. The fourth-order valence-electron chi connectivity index (χ4n) is 2.79. The van der Waals surface area contributed by atoms with Crippen molar-refractivity contribution >= 4 is 17.5 Å². The maximum Gasteiger partial charge on any atom is 0.236 e. The standard InChI is InChI=1S/C20H28ClN3O/c1-4-22-12-20(25)24(13-16(2)3)15-18-9-7-11-23(18)14-17-8-5-6-10-19(17)21/h5-11,16,22H,4,12-15H2,1-3H3. The minimum Gasteiger partial charge on any atom is -0.345 e. The van der Waals surface area contributed by atoms with Crippen LogP contribution in [0.3, 0.4) is 0 Å². The van der Waals surface area contributed by atoms with Crippen molar-refractivity contribution in [1.82, 2.24) is 14.8 Å². The summed E-state index contributed by atoms with van der Waals surface area (Å²) in [5.41, 5.74) is 2.20. The van der Waals surface area contributed by atoms with Crippen LogP contribution in [0.25, 0.3) is 0 Å². The van der Waals surface area contributed by atoms with E-state index in [9.17, 15) is 4.79 Å². The second-order valence-electron chi connectivity index (χ2n) is 6.67. The molecule has 1 aromatic heterocycles. The van der Waals surface area contributed by atoms with E-state index in [0.717, 1.165) is 29.4 Å². The highest BCUT2D eigenvalue weighted by Crippen LogP contribution is 2.18. The number of likely N-dealkylation sites (N-methyl/N-ethyl adjacent to an activating group) is 1. The predicted molar refractivity (Wildman–Crippen MR) is 104 cm³/mol. The van der Waals surface area contributed by atoms with Crippen molar-refractivity contribution in [2.24, 2.45) is 5.92 Å². The lowest BCUT2D eigenvalue weighted by atomic mass is 10.2. The summed E-state index contributed by atoms with van der Waals surface area (Å²) < 4.78 is 2.16. The number of hydrogen-bond donors (Lipinski definition) is 1. The van der Waals surface area contributed by atoms with Gasteiger partial charge in [-0.05, 0) is 36.2 Å². The molecular formula is C20H28ClN3O. The highest BCUT2D eigenvalue weighted by molar-refractivity contribution is 6.31. The molecule has 5 heteroatoms. The van der Waals surface area contributed by atoms with Gasteiger partial charge in [0.25, 0.3) is 0 Å². The molecular weight excluding hydrogens is 334 g/mol. The van der Waals surface area contributed by atoms with Crippen LogP contribution >= 0.6 is 11.6 Å². The van der Waals surface area contributed by atoms with Crippen molar-refractivity contribution in [1.29, 1.82) is 0 Å². The lowest BCUT2D eigenvalue weighted by Crippen LogP contribution is -2.40.